The quantitative estimate of drug-likeness (QED) is 0.462. The molecular weight excluding hydrogens is 210 g/mol. The van der Waals surface area contributed by atoms with E-state index in [2.05, 4.69) is 5.16 Å². The van der Waals surface area contributed by atoms with Crippen LogP contribution in [0.3, 0.4) is 0 Å². The zero-order valence-electron chi connectivity index (χ0n) is 7.18. The molecule has 0 saturated heterocycles. The molecule has 1 N–H and O–H groups in total. The molecule has 1 aromatic heterocycles. The van der Waals surface area contributed by atoms with Crippen molar-refractivity contribution in [3.05, 3.63) is 16.5 Å². The predicted molar refractivity (Wildman–Crippen MR) is 51.5 cm³/mol. The lowest BCUT2D eigenvalue weighted by molar-refractivity contribution is 0.322. The van der Waals surface area contributed by atoms with Crippen molar-refractivity contribution < 1.29 is 13.6 Å². The smallest absolute Gasteiger partial charge is 0.185 e. The Hall–Kier alpha value is -0.880. The van der Waals surface area contributed by atoms with Crippen molar-refractivity contribution in [1.29, 1.82) is 0 Å². The molecule has 0 aromatic carbocycles. The minimum atomic E-state index is -3.22. The van der Waals surface area contributed by atoms with Gasteiger partial charge in [-0.15, -0.1) is 11.3 Å². The lowest BCUT2D eigenvalue weighted by Gasteiger charge is -1.93. The third-order valence-corrected chi connectivity index (χ3v) is 4.31. The first-order valence-corrected chi connectivity index (χ1v) is 6.14. The molecule has 0 atom stereocenters. The summed E-state index contributed by atoms with van der Waals surface area (Å²) < 4.78 is 22.7. The second-order valence-electron chi connectivity index (χ2n) is 2.62. The highest BCUT2D eigenvalue weighted by atomic mass is 32.2. The Morgan fingerprint density at radius 2 is 2.23 bits per heavy atom. The van der Waals surface area contributed by atoms with Crippen LogP contribution in [0, 0.1) is 6.92 Å². The van der Waals surface area contributed by atoms with Crippen LogP contribution in [-0.4, -0.2) is 26.1 Å². The van der Waals surface area contributed by atoms with Crippen LogP contribution < -0.4 is 0 Å². The van der Waals surface area contributed by atoms with Crippen LogP contribution in [-0.2, 0) is 9.84 Å². The number of sulfone groups is 1. The molecule has 0 unspecified atom stereocenters. The van der Waals surface area contributed by atoms with Gasteiger partial charge in [0.15, 0.2) is 9.84 Å². The lowest BCUT2D eigenvalue weighted by Crippen LogP contribution is -1.97. The van der Waals surface area contributed by atoms with Crippen molar-refractivity contribution in [1.82, 2.24) is 0 Å². The summed E-state index contributed by atoms with van der Waals surface area (Å²) in [5.41, 5.74) is 0.438. The molecular formula is C7H9NO3S2. The van der Waals surface area contributed by atoms with Gasteiger partial charge in [-0.05, 0) is 13.0 Å². The average molecular weight is 219 g/mol. The normalized spacial score (nSPS) is 12.5. The van der Waals surface area contributed by atoms with E-state index in [1.54, 1.807) is 13.0 Å². The summed E-state index contributed by atoms with van der Waals surface area (Å²) in [6.07, 6.45) is 2.26. The van der Waals surface area contributed by atoms with Crippen molar-refractivity contribution in [3.8, 4) is 0 Å². The maximum atomic E-state index is 11.2. The molecule has 1 heterocycles. The van der Waals surface area contributed by atoms with E-state index in [0.29, 0.717) is 5.56 Å². The fraction of sp³-hybridized carbons (Fsp3) is 0.286. The van der Waals surface area contributed by atoms with Crippen LogP contribution in [0.15, 0.2) is 15.4 Å². The monoisotopic (exact) mass is 219 g/mol. The molecule has 6 heteroatoms. The lowest BCUT2D eigenvalue weighted by atomic mass is 10.3. The van der Waals surface area contributed by atoms with Crippen LogP contribution in [0.25, 0.3) is 0 Å². The molecule has 1 rings (SSSR count). The molecule has 0 radical (unpaired) electrons. The highest BCUT2D eigenvalue weighted by molar-refractivity contribution is 7.92. The van der Waals surface area contributed by atoms with Gasteiger partial charge in [-0.3, -0.25) is 0 Å². The van der Waals surface area contributed by atoms with Gasteiger partial charge in [0.25, 0.3) is 0 Å². The number of oxime groups is 1. The molecule has 4 nitrogen and oxygen atoms in total. The Kier molecular flexibility index (Phi) is 2.72. The maximum absolute atomic E-state index is 11.2. The molecule has 13 heavy (non-hydrogen) atoms. The van der Waals surface area contributed by atoms with E-state index < -0.39 is 9.84 Å². The molecule has 1 aromatic rings. The highest BCUT2D eigenvalue weighted by Gasteiger charge is 2.15. The van der Waals surface area contributed by atoms with E-state index >= 15 is 0 Å². The third-order valence-electron chi connectivity index (χ3n) is 1.38. The minimum absolute atomic E-state index is 0.239. The Morgan fingerprint density at radius 1 is 1.62 bits per heavy atom. The minimum Gasteiger partial charge on any atom is -0.411 e. The Balaban J connectivity index is 3.36. The van der Waals surface area contributed by atoms with Gasteiger partial charge >= 0.3 is 0 Å². The van der Waals surface area contributed by atoms with Gasteiger partial charge < -0.3 is 5.21 Å². The summed E-state index contributed by atoms with van der Waals surface area (Å²) >= 11 is 1.17. The SMILES string of the molecule is Cc1cc(C=NO)c(S(C)(=O)=O)s1. The molecule has 0 amide bonds. The molecule has 0 fully saturated rings. The topological polar surface area (TPSA) is 66.7 Å². The van der Waals surface area contributed by atoms with Crippen molar-refractivity contribution in [2.24, 2.45) is 5.16 Å². The predicted octanol–water partition coefficient (Wildman–Crippen LogP) is 1.27. The van der Waals surface area contributed by atoms with Crippen molar-refractivity contribution in [2.45, 2.75) is 11.1 Å². The molecule has 72 valence electrons. The van der Waals surface area contributed by atoms with Crippen molar-refractivity contribution in [3.63, 3.8) is 0 Å². The van der Waals surface area contributed by atoms with Crippen molar-refractivity contribution >= 4 is 27.4 Å². The van der Waals surface area contributed by atoms with Crippen LogP contribution in [0.5, 0.6) is 0 Å². The van der Waals surface area contributed by atoms with Crippen LogP contribution in [0.2, 0.25) is 0 Å². The first-order valence-electron chi connectivity index (χ1n) is 3.43. The van der Waals surface area contributed by atoms with Gasteiger partial charge in [0.1, 0.15) is 4.21 Å². The summed E-state index contributed by atoms with van der Waals surface area (Å²) in [7, 11) is -3.22. The zero-order chi connectivity index (χ0) is 10.1. The number of thiophene rings is 1. The summed E-state index contributed by atoms with van der Waals surface area (Å²) in [6.45, 7) is 1.80. The highest BCUT2D eigenvalue weighted by Crippen LogP contribution is 2.25. The maximum Gasteiger partial charge on any atom is 0.185 e. The Bertz CT molecular complexity index is 431. The number of rotatable bonds is 2. The van der Waals surface area contributed by atoms with E-state index in [1.807, 2.05) is 0 Å². The molecule has 0 spiro atoms. The second-order valence-corrected chi connectivity index (χ2v) is 6.08. The van der Waals surface area contributed by atoms with E-state index in [9.17, 15) is 8.42 Å². The standard InChI is InChI=1S/C7H9NO3S2/c1-5-3-6(4-8-9)7(12-5)13(2,10)11/h3-4,9H,1-2H3. The van der Waals surface area contributed by atoms with Crippen LogP contribution in [0.1, 0.15) is 10.4 Å². The van der Waals surface area contributed by atoms with E-state index in [1.165, 1.54) is 11.3 Å². The van der Waals surface area contributed by atoms with Gasteiger partial charge in [0.2, 0.25) is 0 Å². The third kappa shape index (κ3) is 2.28. The van der Waals surface area contributed by atoms with Gasteiger partial charge in [-0.25, -0.2) is 8.42 Å². The van der Waals surface area contributed by atoms with Gasteiger partial charge in [0.05, 0.1) is 6.21 Å². The Labute approximate surface area is 80.4 Å². The molecule has 0 aliphatic heterocycles. The van der Waals surface area contributed by atoms with Gasteiger partial charge in [-0.2, -0.15) is 0 Å². The number of aryl methyl sites for hydroxylation is 1. The molecule has 0 saturated carbocycles. The number of hydrogen-bond acceptors (Lipinski definition) is 5. The number of hydrogen-bond donors (Lipinski definition) is 1. The molecule has 0 bridgehead atoms. The first kappa shape index (κ1) is 10.2. The summed E-state index contributed by atoms with van der Waals surface area (Å²) in [5.74, 6) is 0. The molecule has 0 aliphatic carbocycles. The summed E-state index contributed by atoms with van der Waals surface area (Å²) in [4.78, 5) is 0.871. The Morgan fingerprint density at radius 3 is 2.69 bits per heavy atom. The van der Waals surface area contributed by atoms with Crippen LogP contribution in [0.4, 0.5) is 0 Å². The summed E-state index contributed by atoms with van der Waals surface area (Å²) in [5, 5.41) is 11.1. The van der Waals surface area contributed by atoms with Gasteiger partial charge in [-0.1, -0.05) is 5.16 Å². The van der Waals surface area contributed by atoms with Crippen LogP contribution >= 0.6 is 11.3 Å². The van der Waals surface area contributed by atoms with E-state index in [0.717, 1.165) is 17.3 Å². The van der Waals surface area contributed by atoms with Crippen molar-refractivity contribution in [2.75, 3.05) is 6.26 Å². The second kappa shape index (κ2) is 3.47. The first-order chi connectivity index (χ1) is 5.95. The largest absolute Gasteiger partial charge is 0.411 e. The van der Waals surface area contributed by atoms with E-state index in [-0.39, 0.29) is 4.21 Å². The van der Waals surface area contributed by atoms with Gasteiger partial charge in [0, 0.05) is 16.7 Å². The fourth-order valence-corrected chi connectivity index (χ4v) is 3.20. The number of nitrogens with zero attached hydrogens (tertiary/aromatic N) is 1. The molecule has 0 aliphatic rings. The average Bonchev–Trinajstić information content (AvgIpc) is 2.30. The van der Waals surface area contributed by atoms with E-state index in [4.69, 9.17) is 5.21 Å². The fourth-order valence-electron chi connectivity index (χ4n) is 0.954. The summed E-state index contributed by atoms with van der Waals surface area (Å²) in [6, 6.07) is 1.67. The zero-order valence-corrected chi connectivity index (χ0v) is 8.82.